The Kier molecular flexibility index (Phi) is 5.46. The fourth-order valence-corrected chi connectivity index (χ4v) is 7.35. The zero-order valence-electron chi connectivity index (χ0n) is 16.2. The van der Waals surface area contributed by atoms with E-state index in [1.165, 1.54) is 57.8 Å². The van der Waals surface area contributed by atoms with Crippen LogP contribution in [0.2, 0.25) is 0 Å². The molecule has 3 fully saturated rings. The zero-order chi connectivity index (χ0) is 16.6. The molecule has 2 bridgehead atoms. The van der Waals surface area contributed by atoms with Gasteiger partial charge in [-0.1, -0.05) is 79.1 Å². The average molecular weight is 320 g/mol. The molecule has 0 saturated heterocycles. The first-order valence-corrected chi connectivity index (χ1v) is 10.7. The molecule has 0 aromatic heterocycles. The van der Waals surface area contributed by atoms with Gasteiger partial charge in [0.15, 0.2) is 0 Å². The van der Waals surface area contributed by atoms with Crippen LogP contribution in [-0.4, -0.2) is 6.54 Å². The van der Waals surface area contributed by atoms with Crippen molar-refractivity contribution in [3.05, 3.63) is 0 Å². The lowest BCUT2D eigenvalue weighted by molar-refractivity contribution is -0.276. The molecular weight excluding hydrogens is 278 g/mol. The summed E-state index contributed by atoms with van der Waals surface area (Å²) in [6, 6.07) is 0. The normalized spacial score (nSPS) is 47.6. The van der Waals surface area contributed by atoms with Crippen LogP contribution in [0.25, 0.3) is 0 Å². The molecule has 23 heavy (non-hydrogen) atoms. The van der Waals surface area contributed by atoms with Gasteiger partial charge in [-0.15, -0.1) is 0 Å². The van der Waals surface area contributed by atoms with Crippen molar-refractivity contribution in [3.63, 3.8) is 0 Å². The second kappa shape index (κ2) is 7.06. The number of nitrogens with two attached hydrogens (primary N) is 1. The SMILES string of the molecule is CC1CCCCCCCCCC(CN)C2C3C(C)C1C3C2(C)C. The molecular formula is C22H41N. The third-order valence-corrected chi connectivity index (χ3v) is 8.38. The summed E-state index contributed by atoms with van der Waals surface area (Å²) < 4.78 is 0. The summed E-state index contributed by atoms with van der Waals surface area (Å²) in [6.45, 7) is 11.2. The van der Waals surface area contributed by atoms with Gasteiger partial charge in [0.2, 0.25) is 0 Å². The van der Waals surface area contributed by atoms with Crippen LogP contribution in [0.3, 0.4) is 0 Å². The summed E-state index contributed by atoms with van der Waals surface area (Å²) in [6.07, 6.45) is 13.0. The van der Waals surface area contributed by atoms with Crippen LogP contribution in [0.4, 0.5) is 0 Å². The molecule has 0 radical (unpaired) electrons. The lowest BCUT2D eigenvalue weighted by Gasteiger charge is -2.75. The van der Waals surface area contributed by atoms with Crippen LogP contribution in [0.15, 0.2) is 0 Å². The lowest BCUT2D eigenvalue weighted by Crippen LogP contribution is -2.71. The molecule has 3 saturated carbocycles. The molecule has 7 unspecified atom stereocenters. The second-order valence-corrected chi connectivity index (χ2v) is 9.91. The molecule has 1 heteroatoms. The lowest BCUT2D eigenvalue weighted by atomic mass is 9.30. The molecule has 7 atom stereocenters. The highest BCUT2D eigenvalue weighted by Crippen LogP contribution is 2.74. The van der Waals surface area contributed by atoms with E-state index in [-0.39, 0.29) is 0 Å². The predicted molar refractivity (Wildman–Crippen MR) is 100 cm³/mol. The van der Waals surface area contributed by atoms with Gasteiger partial charge < -0.3 is 5.73 Å². The summed E-state index contributed by atoms with van der Waals surface area (Å²) in [5.74, 6) is 6.57. The molecule has 0 heterocycles. The largest absolute Gasteiger partial charge is 0.330 e. The molecule has 3 rings (SSSR count). The highest BCUT2D eigenvalue weighted by Gasteiger charge is 2.69. The van der Waals surface area contributed by atoms with E-state index in [0.29, 0.717) is 5.41 Å². The molecule has 1 nitrogen and oxygen atoms in total. The molecule has 0 aromatic carbocycles. The van der Waals surface area contributed by atoms with Crippen molar-refractivity contribution in [3.8, 4) is 0 Å². The highest BCUT2D eigenvalue weighted by atomic mass is 14.8. The topological polar surface area (TPSA) is 26.0 Å². The summed E-state index contributed by atoms with van der Waals surface area (Å²) in [5, 5.41) is 0. The minimum absolute atomic E-state index is 0.542. The number of hydrogen-bond acceptors (Lipinski definition) is 1. The third-order valence-electron chi connectivity index (χ3n) is 8.38. The Morgan fingerprint density at radius 3 is 1.96 bits per heavy atom. The summed E-state index contributed by atoms with van der Waals surface area (Å²) in [4.78, 5) is 0. The van der Waals surface area contributed by atoms with Crippen molar-refractivity contribution < 1.29 is 0 Å². The van der Waals surface area contributed by atoms with Gasteiger partial charge in [-0.2, -0.15) is 0 Å². The van der Waals surface area contributed by atoms with Crippen molar-refractivity contribution >= 4 is 0 Å². The van der Waals surface area contributed by atoms with Crippen molar-refractivity contribution in [1.82, 2.24) is 0 Å². The van der Waals surface area contributed by atoms with Crippen LogP contribution in [0.5, 0.6) is 0 Å². The zero-order valence-corrected chi connectivity index (χ0v) is 16.2. The van der Waals surface area contributed by atoms with Crippen LogP contribution in [0, 0.1) is 46.8 Å². The van der Waals surface area contributed by atoms with Crippen LogP contribution in [-0.2, 0) is 0 Å². The van der Waals surface area contributed by atoms with Gasteiger partial charge in [-0.3, -0.25) is 0 Å². The summed E-state index contributed by atoms with van der Waals surface area (Å²) >= 11 is 0. The molecule has 0 amide bonds. The standard InChI is InChI=1S/C22H41N/c1-15-12-10-8-6-5-7-9-11-13-17(14-23)20-19-16(2)18(15)21(19)22(20,3)4/h15-21H,5-14,23H2,1-4H3. The van der Waals surface area contributed by atoms with Crippen molar-refractivity contribution in [2.45, 2.75) is 85.5 Å². The van der Waals surface area contributed by atoms with Gasteiger partial charge in [-0.25, -0.2) is 0 Å². The number of hydrogen-bond donors (Lipinski definition) is 1. The van der Waals surface area contributed by atoms with Gasteiger partial charge in [0, 0.05) is 0 Å². The van der Waals surface area contributed by atoms with Gasteiger partial charge in [0.05, 0.1) is 0 Å². The van der Waals surface area contributed by atoms with Crippen LogP contribution in [0.1, 0.15) is 85.5 Å². The summed E-state index contributed by atoms with van der Waals surface area (Å²) in [7, 11) is 0. The first-order valence-electron chi connectivity index (χ1n) is 10.7. The van der Waals surface area contributed by atoms with E-state index in [1.807, 2.05) is 0 Å². The Balaban J connectivity index is 1.74. The van der Waals surface area contributed by atoms with Gasteiger partial charge in [-0.05, 0) is 59.8 Å². The quantitative estimate of drug-likeness (QED) is 0.642. The van der Waals surface area contributed by atoms with Gasteiger partial charge >= 0.3 is 0 Å². The fourth-order valence-electron chi connectivity index (χ4n) is 7.35. The maximum absolute atomic E-state index is 6.25. The Morgan fingerprint density at radius 2 is 1.35 bits per heavy atom. The number of rotatable bonds is 1. The maximum atomic E-state index is 6.25. The number of fused-ring (bicyclic) bond motifs is 2. The smallest absolute Gasteiger partial charge is 0.00459 e. The predicted octanol–water partition coefficient (Wildman–Crippen LogP) is 5.88. The van der Waals surface area contributed by atoms with E-state index in [0.717, 1.165) is 48.0 Å². The van der Waals surface area contributed by atoms with Gasteiger partial charge in [0.25, 0.3) is 0 Å². The molecule has 2 N–H and O–H groups in total. The van der Waals surface area contributed by atoms with Crippen molar-refractivity contribution in [2.24, 2.45) is 52.6 Å². The average Bonchev–Trinajstić information content (AvgIpc) is 2.52. The maximum Gasteiger partial charge on any atom is -0.00459 e. The molecule has 3 aliphatic carbocycles. The van der Waals surface area contributed by atoms with Gasteiger partial charge in [0.1, 0.15) is 0 Å². The second-order valence-electron chi connectivity index (χ2n) is 9.91. The van der Waals surface area contributed by atoms with E-state index in [1.54, 1.807) is 0 Å². The minimum atomic E-state index is 0.542. The van der Waals surface area contributed by atoms with E-state index >= 15 is 0 Å². The van der Waals surface area contributed by atoms with E-state index in [9.17, 15) is 0 Å². The Morgan fingerprint density at radius 1 is 0.783 bits per heavy atom. The first-order chi connectivity index (χ1) is 11.0. The van der Waals surface area contributed by atoms with Crippen LogP contribution < -0.4 is 5.73 Å². The van der Waals surface area contributed by atoms with Crippen molar-refractivity contribution in [1.29, 1.82) is 0 Å². The van der Waals surface area contributed by atoms with Crippen LogP contribution >= 0.6 is 0 Å². The Labute approximate surface area is 145 Å². The fraction of sp³-hybridized carbons (Fsp3) is 1.00. The molecule has 0 spiro atoms. The Bertz CT molecular complexity index is 387. The molecule has 0 aromatic rings. The minimum Gasteiger partial charge on any atom is -0.330 e. The molecule has 134 valence electrons. The highest BCUT2D eigenvalue weighted by molar-refractivity contribution is 5.17. The first kappa shape index (κ1) is 17.8. The van der Waals surface area contributed by atoms with E-state index in [4.69, 9.17) is 5.73 Å². The van der Waals surface area contributed by atoms with E-state index < -0.39 is 0 Å². The molecule has 3 aliphatic rings. The summed E-state index contributed by atoms with van der Waals surface area (Å²) in [5.41, 5.74) is 6.79. The monoisotopic (exact) mass is 319 g/mol. The Hall–Kier alpha value is -0.0400. The van der Waals surface area contributed by atoms with Crippen molar-refractivity contribution in [2.75, 3.05) is 6.54 Å². The third kappa shape index (κ3) is 3.00. The molecule has 0 aliphatic heterocycles. The van der Waals surface area contributed by atoms with E-state index in [2.05, 4.69) is 27.7 Å².